The van der Waals surface area contributed by atoms with Gasteiger partial charge in [0.1, 0.15) is 5.01 Å². The fourth-order valence-electron chi connectivity index (χ4n) is 1.73. The van der Waals surface area contributed by atoms with Crippen LogP contribution in [0.3, 0.4) is 0 Å². The normalized spacial score (nSPS) is 11.9. The van der Waals surface area contributed by atoms with E-state index in [1.165, 1.54) is 5.56 Å². The lowest BCUT2D eigenvalue weighted by molar-refractivity contribution is 0.405. The monoisotopic (exact) mass is 250 g/mol. The van der Waals surface area contributed by atoms with E-state index in [1.807, 2.05) is 29.5 Å². The molecule has 0 spiro atoms. The van der Waals surface area contributed by atoms with Crippen LogP contribution in [0.4, 0.5) is 0 Å². The first-order valence-electron chi connectivity index (χ1n) is 5.70. The van der Waals surface area contributed by atoms with Crippen molar-refractivity contribution in [2.45, 2.75) is 25.8 Å². The fraction of sp³-hybridized carbons (Fsp3) is 0.500. The summed E-state index contributed by atoms with van der Waals surface area (Å²) in [6.07, 6.45) is 6.81. The van der Waals surface area contributed by atoms with Gasteiger partial charge in [-0.2, -0.15) is 5.10 Å². The molecule has 4 nitrogen and oxygen atoms in total. The van der Waals surface area contributed by atoms with Crippen molar-refractivity contribution >= 4 is 11.3 Å². The zero-order chi connectivity index (χ0) is 12.3. The van der Waals surface area contributed by atoms with Crippen molar-refractivity contribution in [3.8, 4) is 0 Å². The van der Waals surface area contributed by atoms with Crippen molar-refractivity contribution in [2.75, 3.05) is 6.54 Å². The third kappa shape index (κ3) is 3.14. The number of thiazole rings is 1. The highest BCUT2D eigenvalue weighted by Gasteiger charge is 2.21. The molecule has 1 N–H and O–H groups in total. The first kappa shape index (κ1) is 12.3. The summed E-state index contributed by atoms with van der Waals surface area (Å²) in [7, 11) is 1.94. The average Bonchev–Trinajstić information content (AvgIpc) is 2.89. The number of aryl methyl sites for hydroxylation is 1. The van der Waals surface area contributed by atoms with Crippen LogP contribution >= 0.6 is 11.3 Å². The van der Waals surface area contributed by atoms with Gasteiger partial charge in [-0.25, -0.2) is 4.98 Å². The number of nitrogens with one attached hydrogen (secondary N) is 1. The Kier molecular flexibility index (Phi) is 3.59. The van der Waals surface area contributed by atoms with E-state index in [9.17, 15) is 0 Å². The summed E-state index contributed by atoms with van der Waals surface area (Å²) in [5.74, 6) is 0. The van der Waals surface area contributed by atoms with E-state index >= 15 is 0 Å². The number of rotatable bonds is 5. The SMILES string of the molecule is Cn1cc(CCNC(C)(C)c2nccs2)cn1. The van der Waals surface area contributed by atoms with Crippen molar-refractivity contribution in [3.63, 3.8) is 0 Å². The van der Waals surface area contributed by atoms with Gasteiger partial charge in [0.25, 0.3) is 0 Å². The molecule has 0 aliphatic rings. The van der Waals surface area contributed by atoms with Gasteiger partial charge in [0.2, 0.25) is 0 Å². The summed E-state index contributed by atoms with van der Waals surface area (Å²) in [6.45, 7) is 5.25. The fourth-order valence-corrected chi connectivity index (χ4v) is 2.47. The largest absolute Gasteiger partial charge is 0.306 e. The van der Waals surface area contributed by atoms with Crippen LogP contribution in [0.1, 0.15) is 24.4 Å². The summed E-state index contributed by atoms with van der Waals surface area (Å²) >= 11 is 1.69. The van der Waals surface area contributed by atoms with Crippen LogP contribution in [0, 0.1) is 0 Å². The van der Waals surface area contributed by atoms with Crippen molar-refractivity contribution in [2.24, 2.45) is 7.05 Å². The van der Waals surface area contributed by atoms with Crippen LogP contribution in [-0.2, 0) is 19.0 Å². The van der Waals surface area contributed by atoms with Crippen LogP contribution in [0.15, 0.2) is 24.0 Å². The Bertz CT molecular complexity index is 459. The first-order chi connectivity index (χ1) is 8.08. The Hall–Kier alpha value is -1.20. The molecule has 0 fully saturated rings. The van der Waals surface area contributed by atoms with Crippen LogP contribution in [0.25, 0.3) is 0 Å². The van der Waals surface area contributed by atoms with Gasteiger partial charge in [0.15, 0.2) is 0 Å². The van der Waals surface area contributed by atoms with E-state index in [0.29, 0.717) is 0 Å². The van der Waals surface area contributed by atoms with Gasteiger partial charge >= 0.3 is 0 Å². The summed E-state index contributed by atoms with van der Waals surface area (Å²) in [6, 6.07) is 0. The second-order valence-corrected chi connectivity index (χ2v) is 5.56. The molecule has 2 aromatic rings. The van der Waals surface area contributed by atoms with E-state index < -0.39 is 0 Å². The van der Waals surface area contributed by atoms with Crippen LogP contribution in [0.2, 0.25) is 0 Å². The van der Waals surface area contributed by atoms with Gasteiger partial charge in [-0.3, -0.25) is 4.68 Å². The van der Waals surface area contributed by atoms with Gasteiger partial charge in [-0.15, -0.1) is 11.3 Å². The van der Waals surface area contributed by atoms with Crippen molar-refractivity contribution in [1.82, 2.24) is 20.1 Å². The third-order valence-electron chi connectivity index (χ3n) is 2.71. The van der Waals surface area contributed by atoms with Crippen molar-refractivity contribution < 1.29 is 0 Å². The molecule has 0 aromatic carbocycles. The van der Waals surface area contributed by atoms with E-state index in [1.54, 1.807) is 11.3 Å². The number of hydrogen-bond donors (Lipinski definition) is 1. The standard InChI is InChI=1S/C12H18N4S/c1-12(2,11-13-6-7-17-11)14-5-4-10-8-15-16(3)9-10/h6-9,14H,4-5H2,1-3H3. The molecule has 2 rings (SSSR count). The molecule has 0 atom stereocenters. The third-order valence-corrected chi connectivity index (χ3v) is 3.80. The summed E-state index contributed by atoms with van der Waals surface area (Å²) in [5.41, 5.74) is 1.20. The number of aromatic nitrogens is 3. The average molecular weight is 250 g/mol. The minimum absolute atomic E-state index is 0.0592. The highest BCUT2D eigenvalue weighted by atomic mass is 32.1. The minimum Gasteiger partial charge on any atom is -0.306 e. The lowest BCUT2D eigenvalue weighted by Gasteiger charge is -2.23. The van der Waals surface area contributed by atoms with Gasteiger partial charge in [0.05, 0.1) is 11.7 Å². The Morgan fingerprint density at radius 1 is 1.47 bits per heavy atom. The first-order valence-corrected chi connectivity index (χ1v) is 6.58. The Morgan fingerprint density at radius 3 is 2.88 bits per heavy atom. The lowest BCUT2D eigenvalue weighted by Crippen LogP contribution is -2.37. The predicted octanol–water partition coefficient (Wildman–Crippen LogP) is 1.94. The molecule has 0 saturated heterocycles. The highest BCUT2D eigenvalue weighted by molar-refractivity contribution is 7.09. The zero-order valence-electron chi connectivity index (χ0n) is 10.5. The van der Waals surface area contributed by atoms with E-state index in [0.717, 1.165) is 18.0 Å². The number of hydrogen-bond acceptors (Lipinski definition) is 4. The molecule has 92 valence electrons. The van der Waals surface area contributed by atoms with Gasteiger partial charge in [0, 0.05) is 31.4 Å². The maximum Gasteiger partial charge on any atom is 0.112 e. The smallest absolute Gasteiger partial charge is 0.112 e. The van der Waals surface area contributed by atoms with E-state index in [-0.39, 0.29) is 5.54 Å². The maximum atomic E-state index is 4.36. The van der Waals surface area contributed by atoms with Crippen LogP contribution < -0.4 is 5.32 Å². The summed E-state index contributed by atoms with van der Waals surface area (Å²) in [5, 5.41) is 10.8. The van der Waals surface area contributed by atoms with E-state index in [2.05, 4.69) is 35.4 Å². The lowest BCUT2D eigenvalue weighted by atomic mass is 10.1. The molecule has 0 unspecified atom stereocenters. The Labute approximate surface area is 106 Å². The maximum absolute atomic E-state index is 4.36. The molecule has 0 aliphatic carbocycles. The predicted molar refractivity (Wildman–Crippen MR) is 70.1 cm³/mol. The van der Waals surface area contributed by atoms with Crippen LogP contribution in [0.5, 0.6) is 0 Å². The second-order valence-electron chi connectivity index (χ2n) is 4.66. The Balaban J connectivity index is 1.86. The minimum atomic E-state index is -0.0592. The molecule has 0 saturated carbocycles. The van der Waals surface area contributed by atoms with Gasteiger partial charge in [-0.05, 0) is 25.8 Å². The molecule has 0 radical (unpaired) electrons. The van der Waals surface area contributed by atoms with Crippen LogP contribution in [-0.4, -0.2) is 21.3 Å². The molecule has 0 aliphatic heterocycles. The van der Waals surface area contributed by atoms with Crippen molar-refractivity contribution in [1.29, 1.82) is 0 Å². The molecule has 2 heterocycles. The summed E-state index contributed by atoms with van der Waals surface area (Å²) in [4.78, 5) is 4.36. The molecule has 5 heteroatoms. The van der Waals surface area contributed by atoms with Gasteiger partial charge < -0.3 is 5.32 Å². The van der Waals surface area contributed by atoms with E-state index in [4.69, 9.17) is 0 Å². The molecule has 0 bridgehead atoms. The zero-order valence-corrected chi connectivity index (χ0v) is 11.3. The second kappa shape index (κ2) is 4.98. The topological polar surface area (TPSA) is 42.7 Å². The highest BCUT2D eigenvalue weighted by Crippen LogP contribution is 2.21. The quantitative estimate of drug-likeness (QED) is 0.882. The molecule has 2 aromatic heterocycles. The Morgan fingerprint density at radius 2 is 2.29 bits per heavy atom. The number of nitrogens with zero attached hydrogens (tertiary/aromatic N) is 3. The molecular formula is C12H18N4S. The molecule has 17 heavy (non-hydrogen) atoms. The van der Waals surface area contributed by atoms with Crippen molar-refractivity contribution in [3.05, 3.63) is 34.5 Å². The van der Waals surface area contributed by atoms with Gasteiger partial charge in [-0.1, -0.05) is 0 Å². The molecular weight excluding hydrogens is 232 g/mol. The summed E-state index contributed by atoms with van der Waals surface area (Å²) < 4.78 is 1.83. The molecule has 0 amide bonds.